The molecule has 2 fully saturated rings. The van der Waals surface area contributed by atoms with Crippen molar-refractivity contribution in [2.24, 2.45) is 0 Å². The summed E-state index contributed by atoms with van der Waals surface area (Å²) >= 11 is 0. The first-order chi connectivity index (χ1) is 15.6. The molecule has 3 N–H and O–H groups in total. The minimum absolute atomic E-state index is 0.176. The van der Waals surface area contributed by atoms with Gasteiger partial charge in [-0.1, -0.05) is 31.4 Å². The molecule has 1 heterocycles. The standard InChI is InChI=1S/C23H26N4O5S/c1-15-6-7-16(2)19(14-15)33(31,32)26-18-10-8-17(9-11-18)20(28)25-27-21(29)23(24-22(27)30)12-4-3-5-13-23/h6-11,14,26H,3-5,12-13H2,1-2H3,(H,24,30)(H,25,28). The van der Waals surface area contributed by atoms with Crippen molar-refractivity contribution < 1.29 is 22.8 Å². The molecule has 0 atom stereocenters. The van der Waals surface area contributed by atoms with Gasteiger partial charge < -0.3 is 5.32 Å². The van der Waals surface area contributed by atoms with Crippen LogP contribution in [0.3, 0.4) is 0 Å². The smallest absolute Gasteiger partial charge is 0.322 e. The Kier molecular flexibility index (Phi) is 5.87. The topological polar surface area (TPSA) is 125 Å². The molecule has 1 aliphatic heterocycles. The Bertz CT molecular complexity index is 1220. The number of imide groups is 1. The fourth-order valence-corrected chi connectivity index (χ4v) is 5.67. The van der Waals surface area contributed by atoms with E-state index in [2.05, 4.69) is 15.5 Å². The second-order valence-electron chi connectivity index (χ2n) is 8.61. The number of sulfonamides is 1. The van der Waals surface area contributed by atoms with Gasteiger partial charge in [0, 0.05) is 11.3 Å². The average molecular weight is 471 g/mol. The SMILES string of the molecule is Cc1ccc(C)c(S(=O)(=O)Nc2ccc(C(=O)NN3C(=O)NC4(CCCCC4)C3=O)cc2)c1. The highest BCUT2D eigenvalue weighted by molar-refractivity contribution is 7.92. The van der Waals surface area contributed by atoms with E-state index in [1.54, 1.807) is 19.1 Å². The van der Waals surface area contributed by atoms with Crippen LogP contribution in [0.5, 0.6) is 0 Å². The Labute approximate surface area is 192 Å². The third-order valence-corrected chi connectivity index (χ3v) is 7.64. The first kappa shape index (κ1) is 22.8. The molecule has 1 saturated heterocycles. The molecule has 10 heteroatoms. The normalized spacial score (nSPS) is 17.7. The summed E-state index contributed by atoms with van der Waals surface area (Å²) in [7, 11) is -3.81. The molecule has 1 saturated carbocycles. The summed E-state index contributed by atoms with van der Waals surface area (Å²) in [6.45, 7) is 3.53. The van der Waals surface area contributed by atoms with Crippen LogP contribution in [-0.2, 0) is 14.8 Å². The van der Waals surface area contributed by atoms with Crippen molar-refractivity contribution in [1.29, 1.82) is 0 Å². The summed E-state index contributed by atoms with van der Waals surface area (Å²) < 4.78 is 28.0. The number of hydrazine groups is 1. The minimum atomic E-state index is -3.81. The second-order valence-corrected chi connectivity index (χ2v) is 10.3. The van der Waals surface area contributed by atoms with Gasteiger partial charge in [0.15, 0.2) is 0 Å². The summed E-state index contributed by atoms with van der Waals surface area (Å²) in [6.07, 6.45) is 3.80. The molecule has 0 unspecified atom stereocenters. The number of carbonyl (C=O) groups excluding carboxylic acids is 3. The van der Waals surface area contributed by atoms with Crippen molar-refractivity contribution in [2.45, 2.75) is 56.4 Å². The molecule has 0 bridgehead atoms. The van der Waals surface area contributed by atoms with E-state index < -0.39 is 33.4 Å². The highest BCUT2D eigenvalue weighted by Crippen LogP contribution is 2.33. The van der Waals surface area contributed by atoms with Crippen LogP contribution >= 0.6 is 0 Å². The fraction of sp³-hybridized carbons (Fsp3) is 0.348. The van der Waals surface area contributed by atoms with Crippen molar-refractivity contribution >= 4 is 33.6 Å². The van der Waals surface area contributed by atoms with Gasteiger partial charge in [-0.25, -0.2) is 13.2 Å². The molecular weight excluding hydrogens is 444 g/mol. The Morgan fingerprint density at radius 2 is 1.67 bits per heavy atom. The molecule has 1 spiro atoms. The van der Waals surface area contributed by atoms with Gasteiger partial charge >= 0.3 is 6.03 Å². The van der Waals surface area contributed by atoms with E-state index in [1.165, 1.54) is 24.3 Å². The van der Waals surface area contributed by atoms with Gasteiger partial charge in [-0.3, -0.25) is 19.7 Å². The lowest BCUT2D eigenvalue weighted by atomic mass is 9.82. The maximum atomic E-state index is 12.8. The lowest BCUT2D eigenvalue weighted by Gasteiger charge is -2.30. The zero-order valence-electron chi connectivity index (χ0n) is 18.5. The molecule has 1 aliphatic carbocycles. The Hall–Kier alpha value is -3.40. The Morgan fingerprint density at radius 3 is 2.33 bits per heavy atom. The summed E-state index contributed by atoms with van der Waals surface area (Å²) in [5.74, 6) is -1.09. The molecule has 2 aromatic carbocycles. The summed E-state index contributed by atoms with van der Waals surface area (Å²) in [5, 5.41) is 3.47. The van der Waals surface area contributed by atoms with Gasteiger partial charge in [0.05, 0.1) is 4.90 Å². The predicted octanol–water partition coefficient (Wildman–Crippen LogP) is 3.00. The summed E-state index contributed by atoms with van der Waals surface area (Å²) in [4.78, 5) is 38.0. The molecule has 174 valence electrons. The molecule has 4 rings (SSSR count). The number of nitrogens with zero attached hydrogens (tertiary/aromatic N) is 1. The van der Waals surface area contributed by atoms with E-state index >= 15 is 0 Å². The van der Waals surface area contributed by atoms with Gasteiger partial charge in [0.2, 0.25) is 0 Å². The molecule has 2 aliphatic rings. The van der Waals surface area contributed by atoms with Crippen LogP contribution in [0, 0.1) is 13.8 Å². The van der Waals surface area contributed by atoms with E-state index in [0.29, 0.717) is 18.4 Å². The van der Waals surface area contributed by atoms with E-state index in [1.807, 2.05) is 13.0 Å². The van der Waals surface area contributed by atoms with Crippen molar-refractivity contribution in [2.75, 3.05) is 4.72 Å². The maximum Gasteiger partial charge on any atom is 0.344 e. The molecular formula is C23H26N4O5S. The lowest BCUT2D eigenvalue weighted by Crippen LogP contribution is -2.50. The van der Waals surface area contributed by atoms with E-state index in [9.17, 15) is 22.8 Å². The van der Waals surface area contributed by atoms with E-state index in [0.717, 1.165) is 29.8 Å². The molecule has 0 aromatic heterocycles. The van der Waals surface area contributed by atoms with Crippen molar-refractivity contribution in [3.05, 3.63) is 59.2 Å². The first-order valence-electron chi connectivity index (χ1n) is 10.8. The number of benzene rings is 2. The average Bonchev–Trinajstić information content (AvgIpc) is 2.99. The predicted molar refractivity (Wildman–Crippen MR) is 122 cm³/mol. The van der Waals surface area contributed by atoms with Gasteiger partial charge in [-0.2, -0.15) is 5.01 Å². The Balaban J connectivity index is 1.45. The number of anilines is 1. The minimum Gasteiger partial charge on any atom is -0.322 e. The fourth-order valence-electron chi connectivity index (χ4n) is 4.28. The zero-order valence-corrected chi connectivity index (χ0v) is 19.3. The van der Waals surface area contributed by atoms with Crippen LogP contribution < -0.4 is 15.5 Å². The second kappa shape index (κ2) is 8.51. The highest BCUT2D eigenvalue weighted by atomic mass is 32.2. The van der Waals surface area contributed by atoms with Gasteiger partial charge in [-0.15, -0.1) is 0 Å². The highest BCUT2D eigenvalue weighted by Gasteiger charge is 2.52. The monoisotopic (exact) mass is 470 g/mol. The van der Waals surface area contributed by atoms with E-state index in [-0.39, 0.29) is 16.1 Å². The quantitative estimate of drug-likeness (QED) is 0.580. The summed E-state index contributed by atoms with van der Waals surface area (Å²) in [6, 6.07) is 10.3. The lowest BCUT2D eigenvalue weighted by molar-refractivity contribution is -0.134. The van der Waals surface area contributed by atoms with Gasteiger partial charge in [0.1, 0.15) is 5.54 Å². The van der Waals surface area contributed by atoms with Crippen molar-refractivity contribution in [1.82, 2.24) is 15.8 Å². The van der Waals surface area contributed by atoms with Crippen molar-refractivity contribution in [3.63, 3.8) is 0 Å². The number of nitrogens with one attached hydrogen (secondary N) is 3. The van der Waals surface area contributed by atoms with Crippen LogP contribution in [0.15, 0.2) is 47.4 Å². The number of hydrogen-bond acceptors (Lipinski definition) is 5. The molecule has 2 aromatic rings. The molecule has 4 amide bonds. The van der Waals surface area contributed by atoms with Gasteiger partial charge in [-0.05, 0) is 68.1 Å². The largest absolute Gasteiger partial charge is 0.344 e. The van der Waals surface area contributed by atoms with Crippen LogP contribution in [0.25, 0.3) is 0 Å². The number of hydrogen-bond donors (Lipinski definition) is 3. The van der Waals surface area contributed by atoms with Crippen LogP contribution in [-0.4, -0.2) is 36.8 Å². The Morgan fingerprint density at radius 1 is 1.00 bits per heavy atom. The molecule has 0 radical (unpaired) electrons. The van der Waals surface area contributed by atoms with Crippen LogP contribution in [0.2, 0.25) is 0 Å². The zero-order chi connectivity index (χ0) is 23.8. The van der Waals surface area contributed by atoms with Gasteiger partial charge in [0.25, 0.3) is 21.8 Å². The van der Waals surface area contributed by atoms with Crippen LogP contribution in [0.4, 0.5) is 10.5 Å². The van der Waals surface area contributed by atoms with Crippen LogP contribution in [0.1, 0.15) is 53.6 Å². The maximum absolute atomic E-state index is 12.8. The third kappa shape index (κ3) is 4.43. The van der Waals surface area contributed by atoms with E-state index in [4.69, 9.17) is 0 Å². The van der Waals surface area contributed by atoms with Crippen molar-refractivity contribution in [3.8, 4) is 0 Å². The number of amides is 4. The number of rotatable bonds is 5. The first-order valence-corrected chi connectivity index (χ1v) is 12.3. The molecule has 9 nitrogen and oxygen atoms in total. The molecule has 33 heavy (non-hydrogen) atoms. The summed E-state index contributed by atoms with van der Waals surface area (Å²) in [5.41, 5.74) is 3.33. The third-order valence-electron chi connectivity index (χ3n) is 6.11. The number of urea groups is 1. The number of carbonyl (C=O) groups is 3. The number of aryl methyl sites for hydroxylation is 2.